The van der Waals surface area contributed by atoms with Crippen LogP contribution in [0, 0.1) is 5.92 Å². The minimum Gasteiger partial charge on any atom is -0.486 e. The monoisotopic (exact) mass is 578 g/mol. The summed E-state index contributed by atoms with van der Waals surface area (Å²) in [6, 6.07) is 1.95. The van der Waals surface area contributed by atoms with Crippen LogP contribution in [0.2, 0.25) is 0 Å². The standard InChI is InChI=1S/C31H46O10/c1-4-37-24(33)13-12-20-15-21-22(19-10-6-5-7-11-19)17-39-29(21)30(38-14-8-9-18(2)3)28(20)41-31-27(36)26(35)25(34)23(16-32)40-31/h15,17-19,23,25-27,31-32,34-36H,4-14,16H2,1-3H3/t23-,25-,26+,27-,31+/m1/s1. The maximum absolute atomic E-state index is 12.4. The van der Waals surface area contributed by atoms with Crippen molar-refractivity contribution in [3.63, 3.8) is 0 Å². The van der Waals surface area contributed by atoms with Gasteiger partial charge in [-0.3, -0.25) is 4.79 Å². The van der Waals surface area contributed by atoms with Gasteiger partial charge in [0.25, 0.3) is 0 Å². The number of hydrogen-bond donors (Lipinski definition) is 4. The number of aryl methyl sites for hydroxylation is 1. The molecule has 0 radical (unpaired) electrons. The van der Waals surface area contributed by atoms with Crippen LogP contribution in [0.1, 0.15) is 89.2 Å². The van der Waals surface area contributed by atoms with Crippen molar-refractivity contribution in [3.05, 3.63) is 23.5 Å². The van der Waals surface area contributed by atoms with E-state index < -0.39 is 37.3 Å². The van der Waals surface area contributed by atoms with Crippen LogP contribution in [-0.4, -0.2) is 76.9 Å². The molecule has 0 bridgehead atoms. The number of ether oxygens (including phenoxy) is 4. The zero-order chi connectivity index (χ0) is 29.5. The summed E-state index contributed by atoms with van der Waals surface area (Å²) in [5.41, 5.74) is 2.25. The topological polar surface area (TPSA) is 148 Å². The largest absolute Gasteiger partial charge is 0.486 e. The van der Waals surface area contributed by atoms with Crippen molar-refractivity contribution in [1.82, 2.24) is 0 Å². The van der Waals surface area contributed by atoms with Gasteiger partial charge in [0, 0.05) is 17.4 Å². The molecule has 2 fully saturated rings. The number of carbonyl (C=O) groups excluding carboxylic acids is 1. The predicted octanol–water partition coefficient (Wildman–Crippen LogP) is 3.97. The van der Waals surface area contributed by atoms with E-state index >= 15 is 0 Å². The molecule has 230 valence electrons. The van der Waals surface area contributed by atoms with Crippen LogP contribution in [0.4, 0.5) is 0 Å². The predicted molar refractivity (Wildman–Crippen MR) is 151 cm³/mol. The molecule has 4 rings (SSSR count). The number of esters is 1. The molecule has 1 aliphatic carbocycles. The van der Waals surface area contributed by atoms with Gasteiger partial charge >= 0.3 is 5.97 Å². The smallest absolute Gasteiger partial charge is 0.306 e. The van der Waals surface area contributed by atoms with Crippen molar-refractivity contribution < 1.29 is 48.6 Å². The molecule has 0 spiro atoms. The number of aliphatic hydroxyl groups excluding tert-OH is 4. The lowest BCUT2D eigenvalue weighted by Gasteiger charge is -2.39. The van der Waals surface area contributed by atoms with Crippen molar-refractivity contribution in [3.8, 4) is 11.5 Å². The molecule has 2 aromatic rings. The number of hydrogen-bond acceptors (Lipinski definition) is 10. The summed E-state index contributed by atoms with van der Waals surface area (Å²) in [7, 11) is 0. The molecular formula is C31H46O10. The van der Waals surface area contributed by atoms with Gasteiger partial charge in [0.15, 0.2) is 11.3 Å². The van der Waals surface area contributed by atoms with Crippen LogP contribution in [-0.2, 0) is 20.7 Å². The van der Waals surface area contributed by atoms with Gasteiger partial charge in [-0.25, -0.2) is 0 Å². The Bertz CT molecular complexity index is 1120. The average molecular weight is 579 g/mol. The Hall–Kier alpha value is -2.37. The number of carbonyl (C=O) groups is 1. The fraction of sp³-hybridized carbons (Fsp3) is 0.710. The molecule has 1 saturated carbocycles. The highest BCUT2D eigenvalue weighted by atomic mass is 16.7. The fourth-order valence-corrected chi connectivity index (χ4v) is 5.79. The van der Waals surface area contributed by atoms with Gasteiger partial charge in [-0.1, -0.05) is 33.1 Å². The quantitative estimate of drug-likeness (QED) is 0.203. The van der Waals surface area contributed by atoms with Gasteiger partial charge < -0.3 is 43.8 Å². The minimum absolute atomic E-state index is 0.0911. The molecule has 2 heterocycles. The van der Waals surface area contributed by atoms with Crippen LogP contribution in [0.15, 0.2) is 16.7 Å². The Morgan fingerprint density at radius 3 is 2.51 bits per heavy atom. The molecule has 0 amide bonds. The van der Waals surface area contributed by atoms with E-state index in [0.29, 0.717) is 35.3 Å². The molecule has 41 heavy (non-hydrogen) atoms. The summed E-state index contributed by atoms with van der Waals surface area (Å²) in [6.45, 7) is 6.11. The fourth-order valence-electron chi connectivity index (χ4n) is 5.79. The first-order valence-electron chi connectivity index (χ1n) is 15.1. The molecule has 4 N–H and O–H groups in total. The summed E-state index contributed by atoms with van der Waals surface area (Å²) in [5.74, 6) is 1.06. The van der Waals surface area contributed by atoms with E-state index in [0.717, 1.165) is 49.5 Å². The molecule has 2 aliphatic rings. The van der Waals surface area contributed by atoms with Gasteiger partial charge in [0.2, 0.25) is 12.0 Å². The zero-order valence-electron chi connectivity index (χ0n) is 24.4. The first-order valence-corrected chi connectivity index (χ1v) is 15.1. The molecule has 0 unspecified atom stereocenters. The SMILES string of the molecule is CCOC(=O)CCc1cc2c(C3CCCCC3)coc2c(OCCCC(C)C)c1O[C@@H]1O[C@H](CO)[C@@H](O)[C@H](O)[C@H]1O. The highest BCUT2D eigenvalue weighted by Crippen LogP contribution is 2.46. The Morgan fingerprint density at radius 1 is 1.07 bits per heavy atom. The van der Waals surface area contributed by atoms with Crippen LogP contribution >= 0.6 is 0 Å². The van der Waals surface area contributed by atoms with Crippen molar-refractivity contribution in [2.45, 2.75) is 115 Å². The third kappa shape index (κ3) is 7.53. The second-order valence-corrected chi connectivity index (χ2v) is 11.6. The van der Waals surface area contributed by atoms with E-state index in [2.05, 4.69) is 13.8 Å². The molecule has 1 aromatic carbocycles. The maximum atomic E-state index is 12.4. The van der Waals surface area contributed by atoms with Gasteiger partial charge in [0.1, 0.15) is 24.4 Å². The highest BCUT2D eigenvalue weighted by molar-refractivity contribution is 5.90. The molecular weight excluding hydrogens is 532 g/mol. The number of aliphatic hydroxyl groups is 4. The van der Waals surface area contributed by atoms with Gasteiger partial charge in [-0.15, -0.1) is 0 Å². The highest BCUT2D eigenvalue weighted by Gasteiger charge is 2.45. The number of furan rings is 1. The Morgan fingerprint density at radius 2 is 1.83 bits per heavy atom. The lowest BCUT2D eigenvalue weighted by Crippen LogP contribution is -2.60. The zero-order valence-corrected chi connectivity index (χ0v) is 24.4. The molecule has 1 aromatic heterocycles. The minimum atomic E-state index is -1.61. The molecule has 10 nitrogen and oxygen atoms in total. The van der Waals surface area contributed by atoms with E-state index in [1.165, 1.54) is 6.42 Å². The van der Waals surface area contributed by atoms with Crippen LogP contribution in [0.5, 0.6) is 11.5 Å². The van der Waals surface area contributed by atoms with Crippen molar-refractivity contribution >= 4 is 16.9 Å². The van der Waals surface area contributed by atoms with E-state index in [1.54, 1.807) is 13.2 Å². The number of rotatable bonds is 13. The van der Waals surface area contributed by atoms with Crippen LogP contribution in [0.3, 0.4) is 0 Å². The maximum Gasteiger partial charge on any atom is 0.306 e. The Kier molecular flexibility index (Phi) is 11.3. The summed E-state index contributed by atoms with van der Waals surface area (Å²) < 4.78 is 29.5. The third-order valence-corrected chi connectivity index (χ3v) is 8.09. The van der Waals surface area contributed by atoms with E-state index in [1.807, 2.05) is 6.07 Å². The lowest BCUT2D eigenvalue weighted by molar-refractivity contribution is -0.277. The van der Waals surface area contributed by atoms with Crippen LogP contribution in [0.25, 0.3) is 11.0 Å². The first-order chi connectivity index (χ1) is 19.7. The lowest BCUT2D eigenvalue weighted by atomic mass is 9.83. The molecule has 1 saturated heterocycles. The Labute approximate surface area is 241 Å². The van der Waals surface area contributed by atoms with Crippen molar-refractivity contribution in [2.75, 3.05) is 19.8 Å². The summed E-state index contributed by atoms with van der Waals surface area (Å²) in [6.07, 6.45) is 2.28. The second-order valence-electron chi connectivity index (χ2n) is 11.6. The first kappa shape index (κ1) is 31.6. The van der Waals surface area contributed by atoms with Crippen molar-refractivity contribution in [1.29, 1.82) is 0 Å². The van der Waals surface area contributed by atoms with Gasteiger partial charge in [-0.05, 0) is 62.5 Å². The average Bonchev–Trinajstić information content (AvgIpc) is 3.39. The third-order valence-electron chi connectivity index (χ3n) is 8.09. The van der Waals surface area contributed by atoms with Crippen molar-refractivity contribution in [2.24, 2.45) is 5.92 Å². The van der Waals surface area contributed by atoms with Gasteiger partial charge in [-0.2, -0.15) is 0 Å². The second kappa shape index (κ2) is 14.7. The van der Waals surface area contributed by atoms with Gasteiger partial charge in [0.05, 0.1) is 26.1 Å². The normalized spacial score (nSPS) is 25.5. The molecule has 5 atom stereocenters. The number of benzene rings is 1. The Balaban J connectivity index is 1.77. The van der Waals surface area contributed by atoms with E-state index in [-0.39, 0.29) is 31.2 Å². The number of fused-ring (bicyclic) bond motifs is 1. The molecule has 10 heteroatoms. The molecule has 1 aliphatic heterocycles. The summed E-state index contributed by atoms with van der Waals surface area (Å²) >= 11 is 0. The summed E-state index contributed by atoms with van der Waals surface area (Å²) in [4.78, 5) is 12.4. The van der Waals surface area contributed by atoms with E-state index in [4.69, 9.17) is 23.4 Å². The van der Waals surface area contributed by atoms with Crippen LogP contribution < -0.4 is 9.47 Å². The summed E-state index contributed by atoms with van der Waals surface area (Å²) in [5, 5.41) is 42.0. The van der Waals surface area contributed by atoms with E-state index in [9.17, 15) is 25.2 Å².